The van der Waals surface area contributed by atoms with Gasteiger partial charge in [0.25, 0.3) is 0 Å². The summed E-state index contributed by atoms with van der Waals surface area (Å²) >= 11 is 7.21. The molecular formula is C8H8ClN5S. The average molecular weight is 242 g/mol. The monoisotopic (exact) mass is 241 g/mol. The van der Waals surface area contributed by atoms with E-state index in [4.69, 9.17) is 17.3 Å². The lowest BCUT2D eigenvalue weighted by atomic mass is 10.4. The van der Waals surface area contributed by atoms with E-state index in [1.807, 2.05) is 13.8 Å². The van der Waals surface area contributed by atoms with E-state index in [-0.39, 0.29) is 11.2 Å². The van der Waals surface area contributed by atoms with Crippen LogP contribution in [-0.4, -0.2) is 19.9 Å². The number of nitrogens with two attached hydrogens (primary N) is 1. The topological polar surface area (TPSA) is 77.6 Å². The molecule has 2 N–H and O–H groups in total. The number of thiazole rings is 1. The molecule has 5 nitrogen and oxygen atoms in total. The number of halogens is 1. The fourth-order valence-corrected chi connectivity index (χ4v) is 2.23. The Morgan fingerprint density at radius 3 is 2.40 bits per heavy atom. The molecule has 0 saturated heterocycles. The van der Waals surface area contributed by atoms with Gasteiger partial charge < -0.3 is 5.73 Å². The Labute approximate surface area is 95.4 Å². The Bertz CT molecular complexity index is 489. The van der Waals surface area contributed by atoms with Crippen LogP contribution in [0.3, 0.4) is 0 Å². The first-order valence-electron chi connectivity index (χ1n) is 4.17. The van der Waals surface area contributed by atoms with Crippen molar-refractivity contribution in [3.63, 3.8) is 0 Å². The second-order valence-corrected chi connectivity index (χ2v) is 4.47. The average Bonchev–Trinajstić information content (AvgIpc) is 2.43. The second kappa shape index (κ2) is 3.71. The largest absolute Gasteiger partial charge is 0.368 e. The van der Waals surface area contributed by atoms with Crippen molar-refractivity contribution in [1.82, 2.24) is 19.9 Å². The molecule has 0 amide bonds. The zero-order chi connectivity index (χ0) is 11.0. The molecule has 0 atom stereocenters. The first kappa shape index (κ1) is 10.3. The van der Waals surface area contributed by atoms with E-state index in [9.17, 15) is 0 Å². The second-order valence-electron chi connectivity index (χ2n) is 2.93. The minimum atomic E-state index is 0.1000. The van der Waals surface area contributed by atoms with Gasteiger partial charge in [-0.15, -0.1) is 11.3 Å². The smallest absolute Gasteiger partial charge is 0.227 e. The maximum atomic E-state index is 5.70. The number of aromatic nitrogens is 4. The quantitative estimate of drug-likeness (QED) is 0.824. The summed E-state index contributed by atoms with van der Waals surface area (Å²) in [6.45, 7) is 3.82. The van der Waals surface area contributed by atoms with Crippen molar-refractivity contribution in [2.24, 2.45) is 0 Å². The van der Waals surface area contributed by atoms with Crippen LogP contribution in [0.1, 0.15) is 10.7 Å². The van der Waals surface area contributed by atoms with E-state index in [1.165, 1.54) is 11.3 Å². The van der Waals surface area contributed by atoms with Gasteiger partial charge >= 0.3 is 0 Å². The minimum absolute atomic E-state index is 0.1000. The highest BCUT2D eigenvalue weighted by Gasteiger charge is 2.12. The molecule has 2 rings (SSSR count). The van der Waals surface area contributed by atoms with Crippen molar-refractivity contribution < 1.29 is 0 Å². The maximum absolute atomic E-state index is 5.70. The van der Waals surface area contributed by atoms with Gasteiger partial charge in [-0.1, -0.05) is 0 Å². The molecule has 15 heavy (non-hydrogen) atoms. The van der Waals surface area contributed by atoms with Gasteiger partial charge in [0.15, 0.2) is 5.82 Å². The van der Waals surface area contributed by atoms with E-state index in [0.29, 0.717) is 5.82 Å². The molecule has 0 fully saturated rings. The molecule has 0 radical (unpaired) electrons. The molecule has 0 bridgehead atoms. The van der Waals surface area contributed by atoms with Crippen LogP contribution in [0.5, 0.6) is 0 Å². The van der Waals surface area contributed by atoms with E-state index < -0.39 is 0 Å². The SMILES string of the molecule is Cc1nc(C)c(-c2nc(N)nc(Cl)n2)s1. The number of hydrogen-bond donors (Lipinski definition) is 1. The van der Waals surface area contributed by atoms with E-state index in [2.05, 4.69) is 19.9 Å². The van der Waals surface area contributed by atoms with Gasteiger partial charge in [0, 0.05) is 0 Å². The van der Waals surface area contributed by atoms with Gasteiger partial charge in [-0.3, -0.25) is 0 Å². The number of rotatable bonds is 1. The number of nitrogens with zero attached hydrogens (tertiary/aromatic N) is 4. The highest BCUT2D eigenvalue weighted by atomic mass is 35.5. The summed E-state index contributed by atoms with van der Waals surface area (Å²) in [5.74, 6) is 0.603. The molecule has 2 aromatic heterocycles. The van der Waals surface area contributed by atoms with Crippen LogP contribution in [0.25, 0.3) is 10.7 Å². The molecule has 2 heterocycles. The summed E-state index contributed by atoms with van der Waals surface area (Å²) in [6, 6.07) is 0. The lowest BCUT2D eigenvalue weighted by Gasteiger charge is -1.98. The normalized spacial score (nSPS) is 10.6. The number of hydrogen-bond acceptors (Lipinski definition) is 6. The van der Waals surface area contributed by atoms with E-state index in [0.717, 1.165) is 15.6 Å². The van der Waals surface area contributed by atoms with Crippen LogP contribution < -0.4 is 5.73 Å². The molecule has 0 saturated carbocycles. The van der Waals surface area contributed by atoms with Crippen LogP contribution in [0, 0.1) is 13.8 Å². The lowest BCUT2D eigenvalue weighted by molar-refractivity contribution is 1.07. The van der Waals surface area contributed by atoms with Gasteiger partial charge in [0.1, 0.15) is 0 Å². The standard InChI is InChI=1S/C8H8ClN5S/c1-3-5(15-4(2)11-3)6-12-7(9)14-8(10)13-6/h1-2H3,(H2,10,12,13,14). The van der Waals surface area contributed by atoms with Gasteiger partial charge in [0.05, 0.1) is 15.6 Å². The van der Waals surface area contributed by atoms with Gasteiger partial charge in [0.2, 0.25) is 11.2 Å². The van der Waals surface area contributed by atoms with Crippen LogP contribution in [0.4, 0.5) is 5.95 Å². The number of aryl methyl sites for hydroxylation is 2. The molecule has 0 aliphatic carbocycles. The summed E-state index contributed by atoms with van der Waals surface area (Å²) < 4.78 is 0. The Balaban J connectivity index is 2.58. The Morgan fingerprint density at radius 2 is 1.87 bits per heavy atom. The number of nitrogen functional groups attached to an aromatic ring is 1. The zero-order valence-electron chi connectivity index (χ0n) is 8.15. The van der Waals surface area contributed by atoms with Crippen molar-refractivity contribution in [2.75, 3.05) is 5.73 Å². The van der Waals surface area contributed by atoms with Crippen LogP contribution in [0.15, 0.2) is 0 Å². The Morgan fingerprint density at radius 1 is 1.13 bits per heavy atom. The molecule has 0 aliphatic heterocycles. The predicted molar refractivity (Wildman–Crippen MR) is 59.8 cm³/mol. The van der Waals surface area contributed by atoms with Gasteiger partial charge in [-0.05, 0) is 25.4 Å². The van der Waals surface area contributed by atoms with Gasteiger partial charge in [-0.25, -0.2) is 4.98 Å². The van der Waals surface area contributed by atoms with Crippen LogP contribution >= 0.6 is 22.9 Å². The molecule has 78 valence electrons. The number of anilines is 1. The van der Waals surface area contributed by atoms with Gasteiger partial charge in [-0.2, -0.15) is 15.0 Å². The summed E-state index contributed by atoms with van der Waals surface area (Å²) in [4.78, 5) is 16.9. The minimum Gasteiger partial charge on any atom is -0.368 e. The van der Waals surface area contributed by atoms with E-state index >= 15 is 0 Å². The summed E-state index contributed by atoms with van der Waals surface area (Å²) in [6.07, 6.45) is 0. The zero-order valence-corrected chi connectivity index (χ0v) is 9.72. The molecular weight excluding hydrogens is 234 g/mol. The maximum Gasteiger partial charge on any atom is 0.227 e. The summed E-state index contributed by atoms with van der Waals surface area (Å²) in [5, 5.41) is 1.06. The van der Waals surface area contributed by atoms with Crippen molar-refractivity contribution in [1.29, 1.82) is 0 Å². The predicted octanol–water partition coefficient (Wildman–Crippen LogP) is 1.85. The van der Waals surface area contributed by atoms with Crippen molar-refractivity contribution in [3.05, 3.63) is 16.0 Å². The molecule has 0 aliphatic rings. The fourth-order valence-electron chi connectivity index (χ4n) is 1.21. The first-order valence-corrected chi connectivity index (χ1v) is 5.37. The molecule has 7 heteroatoms. The lowest BCUT2D eigenvalue weighted by Crippen LogP contribution is -1.99. The third kappa shape index (κ3) is 2.05. The highest BCUT2D eigenvalue weighted by molar-refractivity contribution is 7.15. The third-order valence-electron chi connectivity index (χ3n) is 1.73. The highest BCUT2D eigenvalue weighted by Crippen LogP contribution is 2.27. The fraction of sp³-hybridized carbons (Fsp3) is 0.250. The van der Waals surface area contributed by atoms with Crippen molar-refractivity contribution in [2.45, 2.75) is 13.8 Å². The molecule has 0 unspecified atom stereocenters. The summed E-state index contributed by atoms with van der Waals surface area (Å²) in [7, 11) is 0. The Hall–Kier alpha value is -1.27. The Kier molecular flexibility index (Phi) is 2.54. The third-order valence-corrected chi connectivity index (χ3v) is 2.97. The molecule has 0 aromatic carbocycles. The summed E-state index contributed by atoms with van der Waals surface area (Å²) in [5.41, 5.74) is 6.37. The molecule has 2 aromatic rings. The van der Waals surface area contributed by atoms with Crippen molar-refractivity contribution >= 4 is 28.9 Å². The first-order chi connectivity index (χ1) is 7.06. The van der Waals surface area contributed by atoms with Crippen molar-refractivity contribution in [3.8, 4) is 10.7 Å². The van der Waals surface area contributed by atoms with Crippen LogP contribution in [0.2, 0.25) is 5.28 Å². The van der Waals surface area contributed by atoms with Crippen LogP contribution in [-0.2, 0) is 0 Å². The van der Waals surface area contributed by atoms with E-state index in [1.54, 1.807) is 0 Å². The molecule has 0 spiro atoms.